The Morgan fingerprint density at radius 1 is 0.961 bits per heavy atom. The van der Waals surface area contributed by atoms with Crippen molar-refractivity contribution in [3.05, 3.63) is 94.5 Å². The van der Waals surface area contributed by atoms with E-state index in [4.69, 9.17) is 33.5 Å². The molecule has 0 saturated heterocycles. The molecule has 0 aromatic heterocycles. The second-order valence-electron chi connectivity index (χ2n) is 12.6. The third-order valence-corrected chi connectivity index (χ3v) is 7.72. The van der Waals surface area contributed by atoms with Crippen LogP contribution in [0, 0.1) is 5.41 Å². The van der Waals surface area contributed by atoms with Crippen molar-refractivity contribution < 1.29 is 32.2 Å². The van der Waals surface area contributed by atoms with E-state index >= 15 is 0 Å². The molecule has 0 bridgehead atoms. The number of rotatable bonds is 17. The van der Waals surface area contributed by atoms with Crippen LogP contribution in [0.5, 0.6) is 5.75 Å². The minimum absolute atomic E-state index is 0.0177. The number of nitrogens with one attached hydrogen (secondary N) is 1. The average molecular weight is 732 g/mol. The number of guanidine groups is 1. The fourth-order valence-electron chi connectivity index (χ4n) is 4.87. The lowest BCUT2D eigenvalue weighted by molar-refractivity contribution is -0.156. The first-order chi connectivity index (χ1) is 24.1. The van der Waals surface area contributed by atoms with Crippen LogP contribution in [0.25, 0.3) is 0 Å². The Morgan fingerprint density at radius 3 is 2.33 bits per heavy atom. The molecule has 0 heterocycles. The number of nitrogen functional groups attached to an aromatic ring is 1. The largest absolute Gasteiger partial charge is 0.492 e. The number of halogens is 4. The van der Waals surface area contributed by atoms with Crippen LogP contribution >= 0.6 is 11.6 Å². The van der Waals surface area contributed by atoms with Gasteiger partial charge in [0.2, 0.25) is 11.9 Å². The molecule has 0 aliphatic carbocycles. The van der Waals surface area contributed by atoms with Crippen molar-refractivity contribution >= 4 is 41.1 Å². The molecule has 0 aliphatic heterocycles. The van der Waals surface area contributed by atoms with Crippen molar-refractivity contribution in [2.75, 3.05) is 38.6 Å². The van der Waals surface area contributed by atoms with Crippen molar-refractivity contribution in [1.82, 2.24) is 10.2 Å². The Labute approximate surface area is 301 Å². The minimum atomic E-state index is -4.57. The Hall–Kier alpha value is -4.98. The third kappa shape index (κ3) is 15.6. The van der Waals surface area contributed by atoms with E-state index in [0.717, 1.165) is 6.42 Å². The molecule has 3 aromatic carbocycles. The fourth-order valence-corrected chi connectivity index (χ4v) is 5.13. The molecule has 0 radical (unpaired) electrons. The van der Waals surface area contributed by atoms with Crippen LogP contribution in [0.15, 0.2) is 82.8 Å². The van der Waals surface area contributed by atoms with E-state index in [-0.39, 0.29) is 30.9 Å². The number of nitrogens with two attached hydrogens (primary N) is 3. The van der Waals surface area contributed by atoms with Gasteiger partial charge >= 0.3 is 6.18 Å². The maximum atomic E-state index is 13.5. The SMILES string of the molecule is CC(C)(CNC(=O)c1ccc(N)cc1)CN(CCCOc1ccc(CN=C(N)N=C(N)OCC(F)(F)F)cc1Cl)C(=O)CCCc1ccccc1. The molecule has 0 aliphatic rings. The first-order valence-electron chi connectivity index (χ1n) is 16.3. The molecule has 0 spiro atoms. The summed E-state index contributed by atoms with van der Waals surface area (Å²) < 4.78 is 47.0. The summed E-state index contributed by atoms with van der Waals surface area (Å²) in [5, 5.41) is 3.28. The Bertz CT molecular complexity index is 1640. The number of anilines is 1. The van der Waals surface area contributed by atoms with Gasteiger partial charge in [0, 0.05) is 37.3 Å². The standard InChI is InChI=1S/C36H45ClF3N7O4/c1-35(2,22-45-32(49)27-13-15-28(41)16-14-27)23-47(31(48)11-6-10-25-8-4-3-5-9-25)18-7-19-50-30-17-12-26(20-29(30)37)21-44-33(42)46-34(43)51-24-36(38,39)40/h3-5,8-9,12-17,20H,6-7,10-11,18-19,21-24,41H2,1-2H3,(H,45,49)(H4,42,43,44,46). The van der Waals surface area contributed by atoms with E-state index in [2.05, 4.69) is 20.0 Å². The van der Waals surface area contributed by atoms with Gasteiger partial charge < -0.3 is 36.9 Å². The number of amides is 2. The smallest absolute Gasteiger partial charge is 0.422 e. The lowest BCUT2D eigenvalue weighted by Gasteiger charge is -2.33. The summed E-state index contributed by atoms with van der Waals surface area (Å²) in [6.07, 6.45) is -2.18. The predicted molar refractivity (Wildman–Crippen MR) is 193 cm³/mol. The molecule has 15 heteroatoms. The molecule has 0 atom stereocenters. The van der Waals surface area contributed by atoms with Crippen molar-refractivity contribution in [3.63, 3.8) is 0 Å². The molecule has 2 amide bonds. The quantitative estimate of drug-likeness (QED) is 0.0597. The van der Waals surface area contributed by atoms with Gasteiger partial charge in [0.15, 0.2) is 6.61 Å². The minimum Gasteiger partial charge on any atom is -0.492 e. The highest BCUT2D eigenvalue weighted by Crippen LogP contribution is 2.26. The maximum Gasteiger partial charge on any atom is 0.422 e. The summed E-state index contributed by atoms with van der Waals surface area (Å²) in [4.78, 5) is 35.5. The summed E-state index contributed by atoms with van der Waals surface area (Å²) in [6, 6.07) is 20.9. The van der Waals surface area contributed by atoms with E-state index < -0.39 is 24.2 Å². The predicted octanol–water partition coefficient (Wildman–Crippen LogP) is 5.71. The fraction of sp³-hybridized carbons (Fsp3) is 0.389. The summed E-state index contributed by atoms with van der Waals surface area (Å²) in [6.45, 7) is 3.90. The average Bonchev–Trinajstić information content (AvgIpc) is 3.08. The van der Waals surface area contributed by atoms with Crippen molar-refractivity contribution in [2.24, 2.45) is 26.9 Å². The molecule has 0 unspecified atom stereocenters. The first kappa shape index (κ1) is 40.4. The van der Waals surface area contributed by atoms with Crippen LogP contribution in [0.2, 0.25) is 5.02 Å². The highest BCUT2D eigenvalue weighted by atomic mass is 35.5. The van der Waals surface area contributed by atoms with Gasteiger partial charge in [0.25, 0.3) is 11.9 Å². The highest BCUT2D eigenvalue weighted by Gasteiger charge is 2.29. The summed E-state index contributed by atoms with van der Waals surface area (Å²) in [5.74, 6) is -0.142. The summed E-state index contributed by atoms with van der Waals surface area (Å²) in [7, 11) is 0. The highest BCUT2D eigenvalue weighted by molar-refractivity contribution is 6.32. The van der Waals surface area contributed by atoms with Gasteiger partial charge in [-0.1, -0.05) is 61.8 Å². The van der Waals surface area contributed by atoms with Gasteiger partial charge in [-0.25, -0.2) is 4.99 Å². The molecule has 7 N–H and O–H groups in total. The lowest BCUT2D eigenvalue weighted by Crippen LogP contribution is -2.45. The molecular weight excluding hydrogens is 687 g/mol. The number of nitrogens with zero attached hydrogens (tertiary/aromatic N) is 3. The van der Waals surface area contributed by atoms with Gasteiger partial charge in [0.1, 0.15) is 5.75 Å². The van der Waals surface area contributed by atoms with E-state index in [1.165, 1.54) is 5.56 Å². The molecule has 0 fully saturated rings. The Morgan fingerprint density at radius 2 is 1.67 bits per heavy atom. The van der Waals surface area contributed by atoms with Crippen LogP contribution < -0.4 is 27.3 Å². The number of hydrogen-bond acceptors (Lipinski definition) is 6. The number of aliphatic imine (C=N–C) groups is 2. The van der Waals surface area contributed by atoms with Crippen LogP contribution in [0.3, 0.4) is 0 Å². The number of ether oxygens (including phenoxy) is 2. The zero-order valence-corrected chi connectivity index (χ0v) is 29.5. The van der Waals surface area contributed by atoms with E-state index in [1.54, 1.807) is 42.5 Å². The van der Waals surface area contributed by atoms with E-state index in [9.17, 15) is 22.8 Å². The molecule has 3 aromatic rings. The topological polar surface area (TPSA) is 171 Å². The lowest BCUT2D eigenvalue weighted by atomic mass is 9.92. The maximum absolute atomic E-state index is 13.5. The molecule has 3 rings (SSSR count). The second-order valence-corrected chi connectivity index (χ2v) is 13.0. The number of amidine groups is 1. The van der Waals surface area contributed by atoms with E-state index in [0.29, 0.717) is 66.5 Å². The monoisotopic (exact) mass is 731 g/mol. The number of hydrogen-bond donors (Lipinski definition) is 4. The van der Waals surface area contributed by atoms with Crippen molar-refractivity contribution in [3.8, 4) is 5.75 Å². The van der Waals surface area contributed by atoms with Crippen LogP contribution in [-0.4, -0.2) is 67.7 Å². The molecular formula is C36H45ClF3N7O4. The Balaban J connectivity index is 1.55. The van der Waals surface area contributed by atoms with Gasteiger partial charge in [-0.15, -0.1) is 0 Å². The number of alkyl halides is 3. The first-order valence-corrected chi connectivity index (χ1v) is 16.7. The van der Waals surface area contributed by atoms with Crippen LogP contribution in [0.4, 0.5) is 18.9 Å². The van der Waals surface area contributed by atoms with Gasteiger partial charge in [-0.05, 0) is 72.2 Å². The van der Waals surface area contributed by atoms with Crippen LogP contribution in [0.1, 0.15) is 54.6 Å². The number of carbonyl (C=O) groups excluding carboxylic acids is 2. The summed E-state index contributed by atoms with van der Waals surface area (Å²) >= 11 is 6.43. The zero-order valence-electron chi connectivity index (χ0n) is 28.7. The van der Waals surface area contributed by atoms with E-state index in [1.807, 2.05) is 49.1 Å². The normalized spacial score (nSPS) is 12.4. The number of benzene rings is 3. The molecule has 276 valence electrons. The number of aryl methyl sites for hydroxylation is 1. The number of carbonyl (C=O) groups is 2. The molecule has 0 saturated carbocycles. The van der Waals surface area contributed by atoms with Gasteiger partial charge in [-0.3, -0.25) is 9.59 Å². The zero-order chi connectivity index (χ0) is 37.4. The van der Waals surface area contributed by atoms with Crippen LogP contribution in [-0.2, 0) is 22.5 Å². The van der Waals surface area contributed by atoms with Gasteiger partial charge in [-0.2, -0.15) is 18.2 Å². The third-order valence-electron chi connectivity index (χ3n) is 7.43. The molecule has 11 nitrogen and oxygen atoms in total. The molecule has 51 heavy (non-hydrogen) atoms. The Kier molecular flexibility index (Phi) is 15.4. The van der Waals surface area contributed by atoms with Crippen molar-refractivity contribution in [1.29, 1.82) is 0 Å². The van der Waals surface area contributed by atoms with Crippen molar-refractivity contribution in [2.45, 2.75) is 52.3 Å². The van der Waals surface area contributed by atoms with Gasteiger partial charge in [0.05, 0.1) is 18.2 Å². The summed E-state index contributed by atoms with van der Waals surface area (Å²) in [5.41, 5.74) is 19.1. The second kappa shape index (κ2) is 19.4.